The van der Waals surface area contributed by atoms with Crippen LogP contribution in [0.4, 0.5) is 0 Å². The minimum Gasteiger partial charge on any atom is -0.394 e. The smallest absolute Gasteiger partial charge is 0.248 e. The molecule has 0 saturated carbocycles. The first-order valence-electron chi connectivity index (χ1n) is 5.15. The van der Waals surface area contributed by atoms with Gasteiger partial charge in [-0.3, -0.25) is 4.79 Å². The van der Waals surface area contributed by atoms with E-state index >= 15 is 0 Å². The van der Waals surface area contributed by atoms with Gasteiger partial charge in [0.1, 0.15) is 6.61 Å². The molecule has 5 heteroatoms. The monoisotopic (exact) mass is 216 g/mol. The number of aliphatic hydroxyl groups is 1. The molecule has 1 rings (SSSR count). The van der Waals surface area contributed by atoms with Crippen LogP contribution in [0.2, 0.25) is 0 Å². The zero-order valence-electron chi connectivity index (χ0n) is 9.64. The number of carbonyl (C=O) groups is 1. The summed E-state index contributed by atoms with van der Waals surface area (Å²) in [6.07, 6.45) is 0.832. The Morgan fingerprint density at radius 3 is 2.73 bits per heavy atom. The first kappa shape index (κ1) is 12.4. The summed E-state index contributed by atoms with van der Waals surface area (Å²) in [5.41, 5.74) is 0. The molecular formula is C10H20N2O3. The third kappa shape index (κ3) is 2.90. The second kappa shape index (κ2) is 5.44. The van der Waals surface area contributed by atoms with Crippen LogP contribution in [-0.4, -0.2) is 73.9 Å². The number of hydrogen-bond donors (Lipinski definition) is 1. The van der Waals surface area contributed by atoms with Gasteiger partial charge in [0.2, 0.25) is 5.91 Å². The molecule has 1 aliphatic heterocycles. The third-order valence-corrected chi connectivity index (χ3v) is 2.92. The number of methoxy groups -OCH3 is 1. The van der Waals surface area contributed by atoms with Crippen LogP contribution in [0, 0.1) is 0 Å². The van der Waals surface area contributed by atoms with Crippen LogP contribution in [-0.2, 0) is 9.53 Å². The molecule has 1 aliphatic rings. The van der Waals surface area contributed by atoms with Crippen LogP contribution in [0.5, 0.6) is 0 Å². The lowest BCUT2D eigenvalue weighted by Gasteiger charge is -2.22. The van der Waals surface area contributed by atoms with Crippen molar-refractivity contribution in [2.24, 2.45) is 0 Å². The molecule has 5 nitrogen and oxygen atoms in total. The summed E-state index contributed by atoms with van der Waals surface area (Å²) in [4.78, 5) is 15.5. The van der Waals surface area contributed by atoms with Gasteiger partial charge in [0.05, 0.1) is 12.6 Å². The molecule has 0 unspecified atom stereocenters. The molecule has 1 saturated heterocycles. The van der Waals surface area contributed by atoms with Crippen molar-refractivity contribution in [1.29, 1.82) is 0 Å². The van der Waals surface area contributed by atoms with E-state index in [2.05, 4.69) is 4.90 Å². The van der Waals surface area contributed by atoms with Crippen molar-refractivity contribution in [3.63, 3.8) is 0 Å². The van der Waals surface area contributed by atoms with Gasteiger partial charge in [-0.25, -0.2) is 0 Å². The molecule has 0 aromatic carbocycles. The van der Waals surface area contributed by atoms with Crippen molar-refractivity contribution < 1.29 is 14.6 Å². The number of hydrogen-bond acceptors (Lipinski definition) is 4. The molecule has 0 aliphatic carbocycles. The van der Waals surface area contributed by atoms with Gasteiger partial charge in [-0.05, 0) is 20.5 Å². The van der Waals surface area contributed by atoms with E-state index in [9.17, 15) is 9.90 Å². The highest BCUT2D eigenvalue weighted by Crippen LogP contribution is 2.20. The average molecular weight is 216 g/mol. The third-order valence-electron chi connectivity index (χ3n) is 2.92. The maximum Gasteiger partial charge on any atom is 0.248 e. The fourth-order valence-corrected chi connectivity index (χ4v) is 1.95. The number of nitrogens with zero attached hydrogens (tertiary/aromatic N) is 2. The Hall–Kier alpha value is -0.650. The zero-order valence-corrected chi connectivity index (χ0v) is 9.64. The fourth-order valence-electron chi connectivity index (χ4n) is 1.95. The number of ether oxygens (including phenoxy) is 1. The first-order chi connectivity index (χ1) is 7.10. The SMILES string of the molecule is COCC(=O)N1C[C@H](N(C)C)C[C@H]1CO. The van der Waals surface area contributed by atoms with Gasteiger partial charge in [-0.2, -0.15) is 0 Å². The van der Waals surface area contributed by atoms with E-state index in [0.717, 1.165) is 6.42 Å². The highest BCUT2D eigenvalue weighted by molar-refractivity contribution is 5.78. The minimum atomic E-state index is -0.0555. The lowest BCUT2D eigenvalue weighted by atomic mass is 10.2. The molecule has 1 heterocycles. The predicted octanol–water partition coefficient (Wildman–Crippen LogP) is -0.844. The van der Waals surface area contributed by atoms with Gasteiger partial charge in [0.25, 0.3) is 0 Å². The highest BCUT2D eigenvalue weighted by Gasteiger charge is 2.35. The Labute approximate surface area is 90.6 Å². The summed E-state index contributed by atoms with van der Waals surface area (Å²) in [5.74, 6) is -0.0408. The van der Waals surface area contributed by atoms with E-state index in [0.29, 0.717) is 12.6 Å². The van der Waals surface area contributed by atoms with Gasteiger partial charge in [-0.15, -0.1) is 0 Å². The van der Waals surface area contributed by atoms with Gasteiger partial charge in [-0.1, -0.05) is 0 Å². The van der Waals surface area contributed by atoms with E-state index in [4.69, 9.17) is 4.74 Å². The molecule has 0 radical (unpaired) electrons. The van der Waals surface area contributed by atoms with Crippen LogP contribution in [0.3, 0.4) is 0 Å². The molecule has 0 aromatic rings. The van der Waals surface area contributed by atoms with Gasteiger partial charge in [0.15, 0.2) is 0 Å². The topological polar surface area (TPSA) is 53.0 Å². The molecule has 0 bridgehead atoms. The van der Waals surface area contributed by atoms with Gasteiger partial charge < -0.3 is 19.6 Å². The lowest BCUT2D eigenvalue weighted by molar-refractivity contribution is -0.136. The van der Waals surface area contributed by atoms with Crippen molar-refractivity contribution in [2.75, 3.05) is 41.0 Å². The molecule has 1 N–H and O–H groups in total. The summed E-state index contributed by atoms with van der Waals surface area (Å²) in [6.45, 7) is 0.802. The van der Waals surface area contributed by atoms with E-state index in [-0.39, 0.29) is 25.2 Å². The maximum absolute atomic E-state index is 11.7. The number of aliphatic hydroxyl groups excluding tert-OH is 1. The lowest BCUT2D eigenvalue weighted by Crippen LogP contribution is -2.40. The summed E-state index contributed by atoms with van der Waals surface area (Å²) >= 11 is 0. The summed E-state index contributed by atoms with van der Waals surface area (Å²) < 4.78 is 4.82. The van der Waals surface area contributed by atoms with Gasteiger partial charge in [0, 0.05) is 19.7 Å². The largest absolute Gasteiger partial charge is 0.394 e. The molecule has 1 amide bonds. The average Bonchev–Trinajstić information content (AvgIpc) is 2.61. The number of carbonyl (C=O) groups excluding carboxylic acids is 1. The predicted molar refractivity (Wildman–Crippen MR) is 56.6 cm³/mol. The normalized spacial score (nSPS) is 26.3. The standard InChI is InChI=1S/C10H20N2O3/c1-11(2)8-4-9(6-13)12(5-8)10(14)7-15-3/h8-9,13H,4-7H2,1-3H3/t8-,9+/m1/s1. The number of rotatable bonds is 4. The van der Waals surface area contributed by atoms with Crippen LogP contribution in [0.15, 0.2) is 0 Å². The molecular weight excluding hydrogens is 196 g/mol. The van der Waals surface area contributed by atoms with Crippen molar-refractivity contribution in [3.05, 3.63) is 0 Å². The van der Waals surface area contributed by atoms with Crippen molar-refractivity contribution in [1.82, 2.24) is 9.80 Å². The number of likely N-dealkylation sites (N-methyl/N-ethyl adjacent to an activating group) is 1. The van der Waals surface area contributed by atoms with Gasteiger partial charge >= 0.3 is 0 Å². The quantitative estimate of drug-likeness (QED) is 0.665. The Morgan fingerprint density at radius 2 is 2.27 bits per heavy atom. The van der Waals surface area contributed by atoms with Crippen LogP contribution >= 0.6 is 0 Å². The molecule has 2 atom stereocenters. The van der Waals surface area contributed by atoms with E-state index in [1.165, 1.54) is 7.11 Å². The molecule has 0 aromatic heterocycles. The molecule has 0 spiro atoms. The maximum atomic E-state index is 11.7. The van der Waals surface area contributed by atoms with E-state index in [1.54, 1.807) is 4.90 Å². The summed E-state index contributed by atoms with van der Waals surface area (Å²) in [6, 6.07) is 0.281. The summed E-state index contributed by atoms with van der Waals surface area (Å²) in [5, 5.41) is 9.20. The second-order valence-corrected chi connectivity index (χ2v) is 4.17. The highest BCUT2D eigenvalue weighted by atomic mass is 16.5. The minimum absolute atomic E-state index is 0.0276. The fraction of sp³-hybridized carbons (Fsp3) is 0.900. The molecule has 15 heavy (non-hydrogen) atoms. The number of amides is 1. The second-order valence-electron chi connectivity index (χ2n) is 4.17. The van der Waals surface area contributed by atoms with Crippen LogP contribution in [0.1, 0.15) is 6.42 Å². The summed E-state index contributed by atoms with van der Waals surface area (Å²) in [7, 11) is 5.48. The van der Waals surface area contributed by atoms with Crippen molar-refractivity contribution in [2.45, 2.75) is 18.5 Å². The number of likely N-dealkylation sites (tertiary alicyclic amines) is 1. The van der Waals surface area contributed by atoms with Crippen LogP contribution < -0.4 is 0 Å². The van der Waals surface area contributed by atoms with Crippen molar-refractivity contribution in [3.8, 4) is 0 Å². The van der Waals surface area contributed by atoms with E-state index in [1.807, 2.05) is 14.1 Å². The molecule has 1 fully saturated rings. The van der Waals surface area contributed by atoms with Crippen molar-refractivity contribution >= 4 is 5.91 Å². The Morgan fingerprint density at radius 1 is 1.60 bits per heavy atom. The van der Waals surface area contributed by atoms with Crippen LogP contribution in [0.25, 0.3) is 0 Å². The Balaban J connectivity index is 2.59. The Bertz CT molecular complexity index is 221. The molecule has 88 valence electrons. The van der Waals surface area contributed by atoms with E-state index < -0.39 is 0 Å². The first-order valence-corrected chi connectivity index (χ1v) is 5.15. The zero-order chi connectivity index (χ0) is 11.4. The Kier molecular flexibility index (Phi) is 4.50.